The fourth-order valence-corrected chi connectivity index (χ4v) is 1.22. The van der Waals surface area contributed by atoms with E-state index in [1.165, 1.54) is 0 Å². The van der Waals surface area contributed by atoms with E-state index in [1.807, 2.05) is 38.2 Å². The molecule has 0 bridgehead atoms. The molecule has 0 radical (unpaired) electrons. The number of pyridine rings is 2. The Balaban J connectivity index is 2.11. The predicted molar refractivity (Wildman–Crippen MR) is 62.8 cm³/mol. The zero-order valence-electron chi connectivity index (χ0n) is 9.27. The molecule has 16 heavy (non-hydrogen) atoms. The third-order valence-electron chi connectivity index (χ3n) is 2.10. The van der Waals surface area contributed by atoms with Gasteiger partial charge < -0.3 is 10.1 Å². The first kappa shape index (κ1) is 10.4. The Bertz CT molecular complexity index is 451. The molecule has 2 aromatic heterocycles. The predicted octanol–water partition coefficient (Wildman–Crippen LogP) is 2.62. The molecule has 0 amide bonds. The van der Waals surface area contributed by atoms with Crippen molar-refractivity contribution in [2.24, 2.45) is 0 Å². The van der Waals surface area contributed by atoms with Crippen LogP contribution in [0.15, 0.2) is 36.7 Å². The molecule has 0 unspecified atom stereocenters. The second-order valence-corrected chi connectivity index (χ2v) is 3.40. The molecule has 0 aromatic carbocycles. The van der Waals surface area contributed by atoms with Gasteiger partial charge in [-0.2, -0.15) is 0 Å². The van der Waals surface area contributed by atoms with Gasteiger partial charge in [0, 0.05) is 19.3 Å². The summed E-state index contributed by atoms with van der Waals surface area (Å²) in [5.41, 5.74) is 1.11. The van der Waals surface area contributed by atoms with Crippen molar-refractivity contribution in [2.45, 2.75) is 6.92 Å². The second kappa shape index (κ2) is 4.61. The fraction of sp³-hybridized carbons (Fsp3) is 0.167. The van der Waals surface area contributed by atoms with Crippen molar-refractivity contribution in [3.63, 3.8) is 0 Å². The first-order chi connectivity index (χ1) is 7.78. The lowest BCUT2D eigenvalue weighted by Gasteiger charge is -2.05. The molecule has 82 valence electrons. The molecule has 0 aliphatic carbocycles. The number of ether oxygens (including phenoxy) is 1. The van der Waals surface area contributed by atoms with Gasteiger partial charge in [0.15, 0.2) is 0 Å². The van der Waals surface area contributed by atoms with Crippen molar-refractivity contribution in [1.29, 1.82) is 0 Å². The molecule has 0 fully saturated rings. The SMILES string of the molecule is CNc1ccc(Oc2ccc(C)cn2)cn1. The van der Waals surface area contributed by atoms with E-state index in [2.05, 4.69) is 15.3 Å². The molecule has 2 rings (SSSR count). The minimum Gasteiger partial charge on any atom is -0.437 e. The van der Waals surface area contributed by atoms with Crippen LogP contribution in [0.4, 0.5) is 5.82 Å². The Kier molecular flexibility index (Phi) is 3.00. The number of hydrogen-bond acceptors (Lipinski definition) is 4. The number of hydrogen-bond donors (Lipinski definition) is 1. The maximum Gasteiger partial charge on any atom is 0.219 e. The Labute approximate surface area is 94.3 Å². The maximum atomic E-state index is 5.53. The molecule has 0 saturated carbocycles. The van der Waals surface area contributed by atoms with E-state index in [4.69, 9.17) is 4.74 Å². The minimum atomic E-state index is 0.574. The summed E-state index contributed by atoms with van der Waals surface area (Å²) < 4.78 is 5.53. The summed E-state index contributed by atoms with van der Waals surface area (Å²) in [6.07, 6.45) is 3.43. The van der Waals surface area contributed by atoms with E-state index in [-0.39, 0.29) is 0 Å². The summed E-state index contributed by atoms with van der Waals surface area (Å²) in [5.74, 6) is 2.06. The highest BCUT2D eigenvalue weighted by Gasteiger charge is 1.98. The van der Waals surface area contributed by atoms with Gasteiger partial charge in [-0.1, -0.05) is 6.07 Å². The molecule has 0 atom stereocenters. The van der Waals surface area contributed by atoms with Crippen LogP contribution in [0.2, 0.25) is 0 Å². The van der Waals surface area contributed by atoms with E-state index in [0.717, 1.165) is 11.4 Å². The summed E-state index contributed by atoms with van der Waals surface area (Å²) in [5, 5.41) is 2.94. The van der Waals surface area contributed by atoms with Crippen molar-refractivity contribution in [1.82, 2.24) is 9.97 Å². The Hall–Kier alpha value is -2.10. The van der Waals surface area contributed by atoms with Crippen molar-refractivity contribution >= 4 is 5.82 Å². The van der Waals surface area contributed by atoms with Crippen molar-refractivity contribution < 1.29 is 4.74 Å². The zero-order valence-corrected chi connectivity index (χ0v) is 9.27. The number of anilines is 1. The van der Waals surface area contributed by atoms with Crippen LogP contribution < -0.4 is 10.1 Å². The van der Waals surface area contributed by atoms with Crippen LogP contribution >= 0.6 is 0 Å². The first-order valence-electron chi connectivity index (χ1n) is 5.02. The summed E-state index contributed by atoms with van der Waals surface area (Å²) in [7, 11) is 1.82. The lowest BCUT2D eigenvalue weighted by molar-refractivity contribution is 0.460. The van der Waals surface area contributed by atoms with Crippen LogP contribution in [0.25, 0.3) is 0 Å². The van der Waals surface area contributed by atoms with Crippen LogP contribution in [-0.4, -0.2) is 17.0 Å². The van der Waals surface area contributed by atoms with Gasteiger partial charge in [0.25, 0.3) is 0 Å². The number of nitrogens with one attached hydrogen (secondary N) is 1. The molecular weight excluding hydrogens is 202 g/mol. The maximum absolute atomic E-state index is 5.53. The molecule has 0 aliphatic heterocycles. The smallest absolute Gasteiger partial charge is 0.219 e. The average molecular weight is 215 g/mol. The van der Waals surface area contributed by atoms with Crippen LogP contribution in [0.5, 0.6) is 11.6 Å². The topological polar surface area (TPSA) is 47.0 Å². The molecular formula is C12H13N3O. The molecule has 2 heterocycles. The van der Waals surface area contributed by atoms with Gasteiger partial charge in [-0.25, -0.2) is 9.97 Å². The Morgan fingerprint density at radius 1 is 1.06 bits per heavy atom. The third kappa shape index (κ3) is 2.48. The standard InChI is InChI=1S/C12H13N3O/c1-9-3-6-12(15-7-9)16-10-4-5-11(13-2)14-8-10/h3-8H,1-2H3,(H,13,14). The fourth-order valence-electron chi connectivity index (χ4n) is 1.22. The molecule has 1 N–H and O–H groups in total. The highest BCUT2D eigenvalue weighted by Crippen LogP contribution is 2.19. The van der Waals surface area contributed by atoms with E-state index >= 15 is 0 Å². The Morgan fingerprint density at radius 2 is 1.94 bits per heavy atom. The monoisotopic (exact) mass is 215 g/mol. The molecule has 4 nitrogen and oxygen atoms in total. The van der Waals surface area contributed by atoms with Crippen LogP contribution in [-0.2, 0) is 0 Å². The van der Waals surface area contributed by atoms with Gasteiger partial charge in [0.2, 0.25) is 5.88 Å². The van der Waals surface area contributed by atoms with Crippen molar-refractivity contribution in [2.75, 3.05) is 12.4 Å². The number of rotatable bonds is 3. The van der Waals surface area contributed by atoms with Gasteiger partial charge in [0.1, 0.15) is 11.6 Å². The van der Waals surface area contributed by atoms with Gasteiger partial charge in [-0.05, 0) is 24.6 Å². The summed E-state index contributed by atoms with van der Waals surface area (Å²) >= 11 is 0. The van der Waals surface area contributed by atoms with Crippen LogP contribution in [0, 0.1) is 6.92 Å². The lowest BCUT2D eigenvalue weighted by Crippen LogP contribution is -1.92. The van der Waals surface area contributed by atoms with E-state index in [1.54, 1.807) is 12.4 Å². The van der Waals surface area contributed by atoms with Crippen LogP contribution in [0.3, 0.4) is 0 Å². The molecule has 4 heteroatoms. The summed E-state index contributed by atoms with van der Waals surface area (Å²) in [6.45, 7) is 1.99. The van der Waals surface area contributed by atoms with E-state index in [9.17, 15) is 0 Å². The molecule has 2 aromatic rings. The van der Waals surface area contributed by atoms with Gasteiger partial charge in [0.05, 0.1) is 6.20 Å². The number of aromatic nitrogens is 2. The second-order valence-electron chi connectivity index (χ2n) is 3.40. The van der Waals surface area contributed by atoms with E-state index in [0.29, 0.717) is 11.6 Å². The first-order valence-corrected chi connectivity index (χ1v) is 5.02. The molecule has 0 aliphatic rings. The van der Waals surface area contributed by atoms with Gasteiger partial charge >= 0.3 is 0 Å². The normalized spacial score (nSPS) is 9.88. The van der Waals surface area contributed by atoms with Crippen molar-refractivity contribution in [3.8, 4) is 11.6 Å². The summed E-state index contributed by atoms with van der Waals surface area (Å²) in [4.78, 5) is 8.30. The van der Waals surface area contributed by atoms with Crippen molar-refractivity contribution in [3.05, 3.63) is 42.2 Å². The quantitative estimate of drug-likeness (QED) is 0.855. The highest BCUT2D eigenvalue weighted by molar-refractivity contribution is 5.37. The number of aryl methyl sites for hydroxylation is 1. The van der Waals surface area contributed by atoms with Gasteiger partial charge in [-0.15, -0.1) is 0 Å². The molecule has 0 saturated heterocycles. The highest BCUT2D eigenvalue weighted by atomic mass is 16.5. The molecule has 0 spiro atoms. The largest absolute Gasteiger partial charge is 0.437 e. The van der Waals surface area contributed by atoms with E-state index < -0.39 is 0 Å². The lowest BCUT2D eigenvalue weighted by atomic mass is 10.3. The van der Waals surface area contributed by atoms with Crippen LogP contribution in [0.1, 0.15) is 5.56 Å². The Morgan fingerprint density at radius 3 is 2.50 bits per heavy atom. The third-order valence-corrected chi connectivity index (χ3v) is 2.10. The number of nitrogens with zero attached hydrogens (tertiary/aromatic N) is 2. The summed E-state index contributed by atoms with van der Waals surface area (Å²) in [6, 6.07) is 7.49. The average Bonchev–Trinajstić information content (AvgIpc) is 2.33. The van der Waals surface area contributed by atoms with Gasteiger partial charge in [-0.3, -0.25) is 0 Å². The zero-order chi connectivity index (χ0) is 11.4. The minimum absolute atomic E-state index is 0.574.